The second-order valence-electron chi connectivity index (χ2n) is 4.73. The number of benzene rings is 1. The molecule has 0 saturated heterocycles. The molecule has 2 rings (SSSR count). The van der Waals surface area contributed by atoms with Gasteiger partial charge in [-0.05, 0) is 43.0 Å². The predicted octanol–water partition coefficient (Wildman–Crippen LogP) is 4.06. The molecule has 0 radical (unpaired) electrons. The van der Waals surface area contributed by atoms with E-state index in [1.165, 1.54) is 12.1 Å². The topological polar surface area (TPSA) is 29.1 Å². The van der Waals surface area contributed by atoms with Crippen molar-refractivity contribution >= 4 is 17.2 Å². The van der Waals surface area contributed by atoms with E-state index in [9.17, 15) is 9.18 Å². The summed E-state index contributed by atoms with van der Waals surface area (Å²) >= 11 is 1.56. The Hall–Kier alpha value is -1.94. The van der Waals surface area contributed by atoms with Crippen molar-refractivity contribution in [1.29, 1.82) is 0 Å². The van der Waals surface area contributed by atoms with Gasteiger partial charge in [-0.25, -0.2) is 4.39 Å². The van der Waals surface area contributed by atoms with Gasteiger partial charge in [0.25, 0.3) is 0 Å². The molecule has 1 aromatic carbocycles. The lowest BCUT2D eigenvalue weighted by Crippen LogP contribution is -2.27. The summed E-state index contributed by atoms with van der Waals surface area (Å²) in [5.41, 5.74) is 1.80. The molecule has 0 fully saturated rings. The molecule has 1 N–H and O–H groups in total. The van der Waals surface area contributed by atoms with Gasteiger partial charge in [0.15, 0.2) is 0 Å². The number of carbonyl (C=O) groups excluding carboxylic acids is 1. The predicted molar refractivity (Wildman–Crippen MR) is 80.1 cm³/mol. The van der Waals surface area contributed by atoms with Crippen LogP contribution in [0.5, 0.6) is 0 Å². The SMILES string of the molecule is CC(C)=CC(=O)N[C@@H](c1ccc(F)cc1)c1cccs1. The number of allylic oxidation sites excluding steroid dienone is 1. The molecule has 0 saturated carbocycles. The zero-order valence-electron chi connectivity index (χ0n) is 11.4. The van der Waals surface area contributed by atoms with Crippen LogP contribution in [0.15, 0.2) is 53.4 Å². The average Bonchev–Trinajstić information content (AvgIpc) is 2.90. The molecular formula is C16H16FNOS. The van der Waals surface area contributed by atoms with Crippen LogP contribution in [-0.2, 0) is 4.79 Å². The van der Waals surface area contributed by atoms with Crippen LogP contribution in [0, 0.1) is 5.82 Å². The Morgan fingerprint density at radius 3 is 2.50 bits per heavy atom. The molecule has 1 heterocycles. The van der Waals surface area contributed by atoms with Crippen LogP contribution in [0.2, 0.25) is 0 Å². The van der Waals surface area contributed by atoms with Crippen molar-refractivity contribution in [2.45, 2.75) is 19.9 Å². The lowest BCUT2D eigenvalue weighted by atomic mass is 10.1. The number of halogens is 1. The summed E-state index contributed by atoms with van der Waals surface area (Å²) in [6.45, 7) is 3.75. The number of nitrogens with one attached hydrogen (secondary N) is 1. The molecule has 1 atom stereocenters. The third kappa shape index (κ3) is 3.78. The normalized spacial score (nSPS) is 11.8. The van der Waals surface area contributed by atoms with Gasteiger partial charge in [-0.15, -0.1) is 11.3 Å². The lowest BCUT2D eigenvalue weighted by Gasteiger charge is -2.17. The molecule has 2 aromatic rings. The zero-order valence-corrected chi connectivity index (χ0v) is 12.2. The van der Waals surface area contributed by atoms with Crippen molar-refractivity contribution in [2.24, 2.45) is 0 Å². The first-order valence-corrected chi connectivity index (χ1v) is 7.18. The second kappa shape index (κ2) is 6.48. The minimum Gasteiger partial charge on any atom is -0.341 e. The minimum atomic E-state index is -0.283. The van der Waals surface area contributed by atoms with Crippen molar-refractivity contribution in [3.8, 4) is 0 Å². The number of rotatable bonds is 4. The number of carbonyl (C=O) groups is 1. The number of hydrogen-bond acceptors (Lipinski definition) is 2. The summed E-state index contributed by atoms with van der Waals surface area (Å²) in [6.07, 6.45) is 1.56. The molecule has 0 spiro atoms. The largest absolute Gasteiger partial charge is 0.341 e. The van der Waals surface area contributed by atoms with Gasteiger partial charge < -0.3 is 5.32 Å². The minimum absolute atomic E-state index is 0.146. The van der Waals surface area contributed by atoms with E-state index in [0.717, 1.165) is 16.0 Å². The first-order valence-electron chi connectivity index (χ1n) is 6.30. The first-order chi connectivity index (χ1) is 9.56. The highest BCUT2D eigenvalue weighted by Gasteiger charge is 2.16. The molecule has 20 heavy (non-hydrogen) atoms. The van der Waals surface area contributed by atoms with Gasteiger partial charge in [0.2, 0.25) is 5.91 Å². The van der Waals surface area contributed by atoms with Crippen LogP contribution in [-0.4, -0.2) is 5.91 Å². The maximum absolute atomic E-state index is 13.0. The van der Waals surface area contributed by atoms with E-state index in [1.807, 2.05) is 31.4 Å². The van der Waals surface area contributed by atoms with Crippen molar-refractivity contribution in [3.63, 3.8) is 0 Å². The van der Waals surface area contributed by atoms with Gasteiger partial charge >= 0.3 is 0 Å². The van der Waals surface area contributed by atoms with E-state index in [4.69, 9.17) is 0 Å². The fourth-order valence-corrected chi connectivity index (χ4v) is 2.68. The molecule has 0 unspecified atom stereocenters. The Labute approximate surface area is 122 Å². The van der Waals surface area contributed by atoms with Gasteiger partial charge in [0.05, 0.1) is 6.04 Å². The quantitative estimate of drug-likeness (QED) is 0.845. The molecule has 2 nitrogen and oxygen atoms in total. The third-order valence-electron chi connectivity index (χ3n) is 2.74. The summed E-state index contributed by atoms with van der Waals surface area (Å²) in [4.78, 5) is 13.0. The van der Waals surface area contributed by atoms with E-state index in [-0.39, 0.29) is 17.8 Å². The maximum Gasteiger partial charge on any atom is 0.244 e. The van der Waals surface area contributed by atoms with Crippen LogP contribution in [0.25, 0.3) is 0 Å². The lowest BCUT2D eigenvalue weighted by molar-refractivity contribution is -0.117. The number of amides is 1. The molecule has 1 aromatic heterocycles. The smallest absolute Gasteiger partial charge is 0.244 e. The highest BCUT2D eigenvalue weighted by Crippen LogP contribution is 2.26. The van der Waals surface area contributed by atoms with E-state index < -0.39 is 0 Å². The van der Waals surface area contributed by atoms with Crippen molar-refractivity contribution in [1.82, 2.24) is 5.32 Å². The van der Waals surface area contributed by atoms with Gasteiger partial charge in [-0.3, -0.25) is 4.79 Å². The molecule has 0 aliphatic rings. The number of hydrogen-bond donors (Lipinski definition) is 1. The van der Waals surface area contributed by atoms with Crippen LogP contribution in [0.3, 0.4) is 0 Å². The van der Waals surface area contributed by atoms with E-state index >= 15 is 0 Å². The van der Waals surface area contributed by atoms with Crippen LogP contribution in [0.4, 0.5) is 4.39 Å². The summed E-state index contributed by atoms with van der Waals surface area (Å²) in [5, 5.41) is 4.92. The molecule has 0 aliphatic heterocycles. The Morgan fingerprint density at radius 2 is 1.95 bits per heavy atom. The van der Waals surface area contributed by atoms with Gasteiger partial charge in [-0.1, -0.05) is 23.8 Å². The van der Waals surface area contributed by atoms with Crippen LogP contribution < -0.4 is 5.32 Å². The summed E-state index contributed by atoms with van der Waals surface area (Å²) in [6, 6.07) is 9.85. The van der Waals surface area contributed by atoms with E-state index in [1.54, 1.807) is 29.5 Å². The van der Waals surface area contributed by atoms with Crippen molar-refractivity contribution < 1.29 is 9.18 Å². The third-order valence-corrected chi connectivity index (χ3v) is 3.67. The Morgan fingerprint density at radius 1 is 1.25 bits per heavy atom. The van der Waals surface area contributed by atoms with Crippen LogP contribution in [0.1, 0.15) is 30.3 Å². The zero-order chi connectivity index (χ0) is 14.5. The fourth-order valence-electron chi connectivity index (χ4n) is 1.88. The van der Waals surface area contributed by atoms with E-state index in [2.05, 4.69) is 5.32 Å². The average molecular weight is 289 g/mol. The summed E-state index contributed by atoms with van der Waals surface area (Å²) < 4.78 is 13.0. The number of thiophene rings is 1. The molecular weight excluding hydrogens is 273 g/mol. The summed E-state index contributed by atoms with van der Waals surface area (Å²) in [5.74, 6) is -0.429. The molecule has 104 valence electrons. The second-order valence-corrected chi connectivity index (χ2v) is 5.71. The monoisotopic (exact) mass is 289 g/mol. The molecule has 0 bridgehead atoms. The Bertz CT molecular complexity index is 598. The first kappa shape index (κ1) is 14.5. The van der Waals surface area contributed by atoms with Gasteiger partial charge in [0, 0.05) is 11.0 Å². The summed E-state index contributed by atoms with van der Waals surface area (Å²) in [7, 11) is 0. The van der Waals surface area contributed by atoms with E-state index in [0.29, 0.717) is 0 Å². The van der Waals surface area contributed by atoms with Gasteiger partial charge in [-0.2, -0.15) is 0 Å². The highest BCUT2D eigenvalue weighted by atomic mass is 32.1. The van der Waals surface area contributed by atoms with Crippen molar-refractivity contribution in [3.05, 3.63) is 69.7 Å². The molecule has 4 heteroatoms. The van der Waals surface area contributed by atoms with Crippen LogP contribution >= 0.6 is 11.3 Å². The Balaban J connectivity index is 2.28. The standard InChI is InChI=1S/C16H16FNOS/c1-11(2)10-15(19)18-16(14-4-3-9-20-14)12-5-7-13(17)8-6-12/h3-10,16H,1-2H3,(H,18,19)/t16-/m0/s1. The Kier molecular flexibility index (Phi) is 4.69. The molecule has 0 aliphatic carbocycles. The molecule has 1 amide bonds. The van der Waals surface area contributed by atoms with Gasteiger partial charge in [0.1, 0.15) is 5.82 Å². The fraction of sp³-hybridized carbons (Fsp3) is 0.188. The maximum atomic E-state index is 13.0. The van der Waals surface area contributed by atoms with Crippen molar-refractivity contribution in [2.75, 3.05) is 0 Å². The highest BCUT2D eigenvalue weighted by molar-refractivity contribution is 7.10.